The Kier molecular flexibility index (Phi) is 15.0. The highest BCUT2D eigenvalue weighted by molar-refractivity contribution is 5.99. The molecule has 0 N–H and O–H groups in total. The van der Waals surface area contributed by atoms with Crippen LogP contribution in [0.3, 0.4) is 0 Å². The minimum Gasteiger partial charge on any atom is -0.267 e. The number of azo groups is 1. The van der Waals surface area contributed by atoms with Crippen LogP contribution in [0.2, 0.25) is 0 Å². The Bertz CT molecular complexity index is 654. The standard InChI is InChI=1S/C7H12N2.C6H11N3.C5H9N3.3CH4/c1-7(2,3)6-4-8-5-9-6;1-6(2,3)5-7-4-8-9-5;1-5(2)8-4-6-3-7-8;;;/h5H,4H2,1-3H3;4H2,1-3H3;3-5H,1-2H3;3*1H4. The fourth-order valence-electron chi connectivity index (χ4n) is 1.81. The van der Waals surface area contributed by atoms with Crippen LogP contribution in [0.4, 0.5) is 0 Å². The maximum Gasteiger partial charge on any atom is 0.153 e. The molecular weight excluding hydrogens is 364 g/mol. The van der Waals surface area contributed by atoms with E-state index in [-0.39, 0.29) is 33.1 Å². The van der Waals surface area contributed by atoms with Crippen molar-refractivity contribution in [3.05, 3.63) is 12.7 Å². The number of hydrogen-bond donors (Lipinski definition) is 0. The molecule has 1 aromatic rings. The van der Waals surface area contributed by atoms with E-state index in [1.165, 1.54) is 5.71 Å². The van der Waals surface area contributed by atoms with E-state index >= 15 is 0 Å². The van der Waals surface area contributed by atoms with Crippen molar-refractivity contribution >= 4 is 17.9 Å². The monoisotopic (exact) mass is 408 g/mol. The van der Waals surface area contributed by atoms with Crippen molar-refractivity contribution in [2.45, 2.75) is 83.7 Å². The molecule has 8 heteroatoms. The largest absolute Gasteiger partial charge is 0.267 e. The van der Waals surface area contributed by atoms with Crippen LogP contribution in [0.1, 0.15) is 83.7 Å². The molecule has 2 aliphatic heterocycles. The Labute approximate surface area is 178 Å². The zero-order chi connectivity index (χ0) is 19.8. The van der Waals surface area contributed by atoms with E-state index in [9.17, 15) is 0 Å². The Hall–Kier alpha value is -2.25. The molecule has 0 amide bonds. The lowest BCUT2D eigenvalue weighted by Gasteiger charge is -2.16. The van der Waals surface area contributed by atoms with Crippen LogP contribution in [0.25, 0.3) is 0 Å². The second kappa shape index (κ2) is 13.8. The van der Waals surface area contributed by atoms with Gasteiger partial charge in [0.2, 0.25) is 0 Å². The SMILES string of the molecule is C.C.C.CC(C)(C)C1=NC=NC1.CC(C)(C)C1=NCN=N1.CC(C)n1cncn1. The molecule has 0 unspecified atom stereocenters. The van der Waals surface area contributed by atoms with E-state index in [0.717, 1.165) is 12.4 Å². The van der Waals surface area contributed by atoms with Gasteiger partial charge in [0.1, 0.15) is 19.0 Å². The van der Waals surface area contributed by atoms with Gasteiger partial charge in [0.25, 0.3) is 0 Å². The number of rotatable bonds is 1. The van der Waals surface area contributed by atoms with Gasteiger partial charge in [-0.15, -0.1) is 5.11 Å². The second-order valence-corrected chi connectivity index (χ2v) is 8.37. The van der Waals surface area contributed by atoms with Crippen molar-refractivity contribution in [3.8, 4) is 0 Å². The zero-order valence-corrected chi connectivity index (χ0v) is 17.3. The molecule has 8 nitrogen and oxygen atoms in total. The third kappa shape index (κ3) is 12.0. The first kappa shape index (κ1) is 31.4. The first-order valence-corrected chi connectivity index (χ1v) is 8.84. The molecule has 0 saturated heterocycles. The molecule has 0 saturated carbocycles. The van der Waals surface area contributed by atoms with Gasteiger partial charge in [0.15, 0.2) is 12.5 Å². The van der Waals surface area contributed by atoms with Gasteiger partial charge in [-0.3, -0.25) is 9.67 Å². The van der Waals surface area contributed by atoms with Gasteiger partial charge in [-0.1, -0.05) is 63.8 Å². The summed E-state index contributed by atoms with van der Waals surface area (Å²) in [5, 5.41) is 11.6. The molecule has 2 aliphatic rings. The maximum atomic E-state index is 4.13. The van der Waals surface area contributed by atoms with Gasteiger partial charge in [-0.2, -0.15) is 10.2 Å². The highest BCUT2D eigenvalue weighted by Gasteiger charge is 2.20. The molecule has 0 fully saturated rings. The molecule has 1 aromatic heterocycles. The summed E-state index contributed by atoms with van der Waals surface area (Å²) in [5.74, 6) is 0.863. The summed E-state index contributed by atoms with van der Waals surface area (Å²) in [6.45, 7) is 18.1. The van der Waals surface area contributed by atoms with Crippen LogP contribution in [0.15, 0.2) is 37.9 Å². The molecule has 168 valence electrons. The van der Waals surface area contributed by atoms with Crippen LogP contribution in [-0.4, -0.2) is 45.9 Å². The number of aliphatic imine (C=N–C) groups is 3. The van der Waals surface area contributed by atoms with Crippen LogP contribution in [0, 0.1) is 10.8 Å². The van der Waals surface area contributed by atoms with Crippen molar-refractivity contribution in [2.75, 3.05) is 13.2 Å². The van der Waals surface area contributed by atoms with E-state index in [1.807, 2.05) is 0 Å². The van der Waals surface area contributed by atoms with Gasteiger partial charge in [-0.05, 0) is 13.8 Å². The predicted octanol–water partition coefficient (Wildman–Crippen LogP) is 6.14. The zero-order valence-electron chi connectivity index (χ0n) is 17.3. The summed E-state index contributed by atoms with van der Waals surface area (Å²) in [4.78, 5) is 16.0. The quantitative estimate of drug-likeness (QED) is 0.558. The van der Waals surface area contributed by atoms with Crippen LogP contribution < -0.4 is 0 Å². The molecule has 3 heterocycles. The smallest absolute Gasteiger partial charge is 0.153 e. The molecule has 0 aliphatic carbocycles. The van der Waals surface area contributed by atoms with E-state index in [4.69, 9.17) is 0 Å². The molecule has 0 spiro atoms. The lowest BCUT2D eigenvalue weighted by atomic mass is 9.90. The number of amidine groups is 1. The van der Waals surface area contributed by atoms with Crippen molar-refractivity contribution in [2.24, 2.45) is 36.0 Å². The fraction of sp³-hybridized carbons (Fsp3) is 0.762. The fourth-order valence-corrected chi connectivity index (χ4v) is 1.81. The Balaban J connectivity index is -0.000000333. The normalized spacial score (nSPS) is 14.2. The van der Waals surface area contributed by atoms with Crippen LogP contribution >= 0.6 is 0 Å². The summed E-state index contributed by atoms with van der Waals surface area (Å²) < 4.78 is 1.81. The van der Waals surface area contributed by atoms with Crippen molar-refractivity contribution in [3.63, 3.8) is 0 Å². The summed E-state index contributed by atoms with van der Waals surface area (Å²) in [7, 11) is 0. The van der Waals surface area contributed by atoms with Crippen molar-refractivity contribution in [1.82, 2.24) is 14.8 Å². The summed E-state index contributed by atoms with van der Waals surface area (Å²) in [6, 6.07) is 0.428. The van der Waals surface area contributed by atoms with Gasteiger partial charge in [0, 0.05) is 22.6 Å². The number of hydrogen-bond acceptors (Lipinski definition) is 7. The maximum absolute atomic E-state index is 4.13. The number of nitrogens with zero attached hydrogens (tertiary/aromatic N) is 8. The Morgan fingerprint density at radius 1 is 0.966 bits per heavy atom. The van der Waals surface area contributed by atoms with E-state index < -0.39 is 0 Å². The third-order valence-corrected chi connectivity index (χ3v) is 3.49. The van der Waals surface area contributed by atoms with E-state index in [0.29, 0.717) is 12.7 Å². The molecule has 0 radical (unpaired) electrons. The molecule has 29 heavy (non-hydrogen) atoms. The molecular formula is C21H44N8. The van der Waals surface area contributed by atoms with Crippen molar-refractivity contribution in [1.29, 1.82) is 0 Å². The highest BCUT2D eigenvalue weighted by atomic mass is 15.3. The minimum absolute atomic E-state index is 0. The third-order valence-electron chi connectivity index (χ3n) is 3.49. The predicted molar refractivity (Wildman–Crippen MR) is 127 cm³/mol. The first-order chi connectivity index (χ1) is 12.0. The summed E-state index contributed by atoms with van der Waals surface area (Å²) >= 11 is 0. The molecule has 0 aromatic carbocycles. The summed E-state index contributed by atoms with van der Waals surface area (Å²) in [6.07, 6.45) is 4.89. The van der Waals surface area contributed by atoms with Crippen LogP contribution in [-0.2, 0) is 0 Å². The summed E-state index contributed by atoms with van der Waals surface area (Å²) in [5.41, 5.74) is 1.46. The molecule has 0 bridgehead atoms. The highest BCUT2D eigenvalue weighted by Crippen LogP contribution is 2.19. The lowest BCUT2D eigenvalue weighted by Crippen LogP contribution is -2.20. The average molecular weight is 409 g/mol. The first-order valence-electron chi connectivity index (χ1n) is 8.84. The van der Waals surface area contributed by atoms with Gasteiger partial charge >= 0.3 is 0 Å². The van der Waals surface area contributed by atoms with Gasteiger partial charge < -0.3 is 0 Å². The minimum atomic E-state index is 0. The topological polar surface area (TPSA) is 92.5 Å². The molecule has 0 atom stereocenters. The second-order valence-electron chi connectivity index (χ2n) is 8.37. The van der Waals surface area contributed by atoms with E-state index in [1.54, 1.807) is 23.7 Å². The van der Waals surface area contributed by atoms with Crippen LogP contribution in [0.5, 0.6) is 0 Å². The van der Waals surface area contributed by atoms with Gasteiger partial charge in [-0.25, -0.2) is 15.0 Å². The number of aromatic nitrogens is 3. The average Bonchev–Trinajstić information content (AvgIpc) is 3.28. The van der Waals surface area contributed by atoms with Gasteiger partial charge in [0.05, 0.1) is 6.54 Å². The van der Waals surface area contributed by atoms with Crippen molar-refractivity contribution < 1.29 is 0 Å². The Morgan fingerprint density at radius 2 is 1.59 bits per heavy atom. The molecule has 3 rings (SSSR count). The Morgan fingerprint density at radius 3 is 1.79 bits per heavy atom. The van der Waals surface area contributed by atoms with E-state index in [2.05, 4.69) is 90.7 Å². The lowest BCUT2D eigenvalue weighted by molar-refractivity contribution is 0.531.